The van der Waals surface area contributed by atoms with Gasteiger partial charge in [0, 0.05) is 0 Å². The summed E-state index contributed by atoms with van der Waals surface area (Å²) in [5, 5.41) is 19.8. The van der Waals surface area contributed by atoms with Crippen molar-refractivity contribution in [2.75, 3.05) is 0 Å². The molecule has 31 heavy (non-hydrogen) atoms. The average Bonchev–Trinajstić information content (AvgIpc) is 2.62. The largest absolute Gasteiger partial charge is 0.481 e. The van der Waals surface area contributed by atoms with E-state index in [-0.39, 0.29) is 12.8 Å². The number of carbonyl (C=O) groups is 2. The maximum Gasteiger partial charge on any atom is 0.328 e. The van der Waals surface area contributed by atoms with Crippen LogP contribution in [0.15, 0.2) is 0 Å². The molecule has 3 N–H and O–H groups in total. The van der Waals surface area contributed by atoms with Crippen LogP contribution in [0.3, 0.4) is 0 Å². The number of carboxylic acid groups (broad SMARTS) is 2. The lowest BCUT2D eigenvalue weighted by atomic mass is 9.68. The number of hydrogen-bond acceptors (Lipinski definition) is 4. The van der Waals surface area contributed by atoms with E-state index >= 15 is 0 Å². The van der Waals surface area contributed by atoms with Crippen molar-refractivity contribution in [3.8, 4) is 0 Å². The lowest BCUT2D eigenvalue weighted by Gasteiger charge is -2.40. The summed E-state index contributed by atoms with van der Waals surface area (Å²) in [4.78, 5) is 24.4. The first-order valence-corrected chi connectivity index (χ1v) is 13.1. The van der Waals surface area contributed by atoms with Gasteiger partial charge in [0.25, 0.3) is 10.1 Å². The fourth-order valence-electron chi connectivity index (χ4n) is 4.25. The van der Waals surface area contributed by atoms with Crippen molar-refractivity contribution in [2.45, 2.75) is 116 Å². The molecule has 0 aromatic carbocycles. The summed E-state index contributed by atoms with van der Waals surface area (Å²) < 4.78 is 31.4. The summed E-state index contributed by atoms with van der Waals surface area (Å²) in [5.74, 6) is -2.15. The molecule has 0 heterocycles. The summed E-state index contributed by atoms with van der Waals surface area (Å²) in [5.41, 5.74) is -2.08. The van der Waals surface area contributed by atoms with Crippen molar-refractivity contribution in [3.63, 3.8) is 0 Å². The zero-order chi connectivity index (χ0) is 24.3. The number of aliphatic carboxylic acids is 2. The van der Waals surface area contributed by atoms with E-state index in [0.717, 1.165) is 45.4 Å². The SMILES string of the molecule is CC(C)CCCCCCC(CCCCCCC(C)C)(C(=O)O)C(C)(C(=O)O)S(=O)(=O)O. The van der Waals surface area contributed by atoms with Gasteiger partial charge >= 0.3 is 11.9 Å². The van der Waals surface area contributed by atoms with Crippen molar-refractivity contribution in [1.82, 2.24) is 0 Å². The molecule has 0 radical (unpaired) electrons. The van der Waals surface area contributed by atoms with Gasteiger partial charge < -0.3 is 10.2 Å². The standard InChI is InChI=1S/C23H44O7S/c1-18(2)14-10-6-8-12-16-23(21(26)27,17-13-9-7-11-15-19(3)4)22(5,20(24)25)31(28,29)30/h18-19H,6-17H2,1-5H3,(H,24,25)(H,26,27)(H,28,29,30). The Morgan fingerprint density at radius 2 is 1.06 bits per heavy atom. The van der Waals surface area contributed by atoms with Crippen LogP contribution in [0.4, 0.5) is 0 Å². The Morgan fingerprint density at radius 1 is 0.710 bits per heavy atom. The molecule has 0 aliphatic heterocycles. The topological polar surface area (TPSA) is 129 Å². The zero-order valence-corrected chi connectivity index (χ0v) is 20.8. The molecular weight excluding hydrogens is 420 g/mol. The van der Waals surface area contributed by atoms with Crippen LogP contribution in [0, 0.1) is 17.3 Å². The van der Waals surface area contributed by atoms with Gasteiger partial charge in [-0.2, -0.15) is 8.42 Å². The fraction of sp³-hybridized carbons (Fsp3) is 0.913. The molecule has 0 aliphatic carbocycles. The highest BCUT2D eigenvalue weighted by atomic mass is 32.2. The van der Waals surface area contributed by atoms with Crippen molar-refractivity contribution in [3.05, 3.63) is 0 Å². The maximum absolute atomic E-state index is 12.4. The van der Waals surface area contributed by atoms with Crippen molar-refractivity contribution in [2.24, 2.45) is 17.3 Å². The highest BCUT2D eigenvalue weighted by Crippen LogP contribution is 2.47. The summed E-state index contributed by atoms with van der Waals surface area (Å²) in [6.07, 6.45) is 7.82. The molecule has 0 aromatic heterocycles. The van der Waals surface area contributed by atoms with E-state index in [2.05, 4.69) is 27.7 Å². The average molecular weight is 465 g/mol. The molecule has 0 rings (SSSR count). The highest BCUT2D eigenvalue weighted by Gasteiger charge is 2.65. The van der Waals surface area contributed by atoms with Gasteiger partial charge in [0.15, 0.2) is 0 Å². The molecule has 0 aliphatic rings. The minimum Gasteiger partial charge on any atom is -0.481 e. The molecular formula is C23H44O7S. The Kier molecular flexibility index (Phi) is 12.9. The highest BCUT2D eigenvalue weighted by molar-refractivity contribution is 7.88. The summed E-state index contributed by atoms with van der Waals surface area (Å²) in [7, 11) is -5.16. The van der Waals surface area contributed by atoms with E-state index in [1.165, 1.54) is 0 Å². The van der Waals surface area contributed by atoms with Crippen LogP contribution in [0.1, 0.15) is 112 Å². The number of hydrogen-bond donors (Lipinski definition) is 3. The first-order valence-electron chi connectivity index (χ1n) is 11.7. The van der Waals surface area contributed by atoms with E-state index in [9.17, 15) is 32.8 Å². The van der Waals surface area contributed by atoms with Gasteiger partial charge in [-0.1, -0.05) is 91.9 Å². The van der Waals surface area contributed by atoms with Crippen LogP contribution in [0.2, 0.25) is 0 Å². The van der Waals surface area contributed by atoms with Crippen LogP contribution >= 0.6 is 0 Å². The minimum absolute atomic E-state index is 0.0986. The minimum atomic E-state index is -5.16. The predicted molar refractivity (Wildman–Crippen MR) is 123 cm³/mol. The van der Waals surface area contributed by atoms with Crippen LogP contribution in [-0.2, 0) is 19.7 Å². The number of unbranched alkanes of at least 4 members (excludes halogenated alkanes) is 6. The molecule has 1 unspecified atom stereocenters. The van der Waals surface area contributed by atoms with Crippen molar-refractivity contribution < 1.29 is 32.8 Å². The number of rotatable bonds is 18. The first kappa shape index (κ1) is 29.9. The molecule has 0 bridgehead atoms. The van der Waals surface area contributed by atoms with Crippen LogP contribution in [0.5, 0.6) is 0 Å². The Hall–Kier alpha value is -1.15. The molecule has 7 nitrogen and oxygen atoms in total. The maximum atomic E-state index is 12.4. The Morgan fingerprint density at radius 3 is 1.32 bits per heavy atom. The predicted octanol–water partition coefficient (Wildman–Crippen LogP) is 5.78. The van der Waals surface area contributed by atoms with Crippen LogP contribution in [-0.4, -0.2) is 39.9 Å². The second-order valence-electron chi connectivity index (χ2n) is 9.89. The Labute approximate surface area is 188 Å². The Bertz CT molecular complexity index is 635. The van der Waals surface area contributed by atoms with E-state index < -0.39 is 32.2 Å². The smallest absolute Gasteiger partial charge is 0.328 e. The summed E-state index contributed by atoms with van der Waals surface area (Å²) in [6.45, 7) is 9.35. The fourth-order valence-corrected chi connectivity index (χ4v) is 5.25. The van der Waals surface area contributed by atoms with E-state index in [1.807, 2.05) is 0 Å². The number of carboxylic acids is 2. The first-order chi connectivity index (χ1) is 14.2. The third-order valence-corrected chi connectivity index (χ3v) is 8.11. The molecule has 0 aromatic rings. The summed E-state index contributed by atoms with van der Waals surface area (Å²) in [6, 6.07) is 0. The van der Waals surface area contributed by atoms with E-state index in [0.29, 0.717) is 37.5 Å². The van der Waals surface area contributed by atoms with Crippen LogP contribution < -0.4 is 0 Å². The second kappa shape index (κ2) is 13.4. The third-order valence-electron chi connectivity index (χ3n) is 6.52. The van der Waals surface area contributed by atoms with E-state index in [1.54, 1.807) is 0 Å². The van der Waals surface area contributed by atoms with Gasteiger partial charge in [0.2, 0.25) is 4.75 Å². The third kappa shape index (κ3) is 8.72. The van der Waals surface area contributed by atoms with Crippen molar-refractivity contribution >= 4 is 22.1 Å². The molecule has 8 heteroatoms. The molecule has 1 atom stereocenters. The lowest BCUT2D eigenvalue weighted by Crippen LogP contribution is -2.60. The lowest BCUT2D eigenvalue weighted by molar-refractivity contribution is -0.161. The van der Waals surface area contributed by atoms with Gasteiger partial charge in [0.05, 0.1) is 0 Å². The molecule has 0 spiro atoms. The van der Waals surface area contributed by atoms with Gasteiger partial charge in [0.1, 0.15) is 5.41 Å². The van der Waals surface area contributed by atoms with Gasteiger partial charge in [-0.05, 0) is 31.6 Å². The molecule has 0 fully saturated rings. The quantitative estimate of drug-likeness (QED) is 0.173. The normalized spacial score (nSPS) is 14.7. The summed E-state index contributed by atoms with van der Waals surface area (Å²) >= 11 is 0. The monoisotopic (exact) mass is 464 g/mol. The van der Waals surface area contributed by atoms with Gasteiger partial charge in [-0.25, -0.2) is 0 Å². The molecule has 0 saturated carbocycles. The second-order valence-corrected chi connectivity index (χ2v) is 11.7. The van der Waals surface area contributed by atoms with E-state index in [4.69, 9.17) is 0 Å². The van der Waals surface area contributed by atoms with Gasteiger partial charge in [-0.15, -0.1) is 0 Å². The zero-order valence-electron chi connectivity index (χ0n) is 20.0. The Balaban J connectivity index is 5.53. The molecule has 0 saturated heterocycles. The molecule has 184 valence electrons. The van der Waals surface area contributed by atoms with Crippen molar-refractivity contribution in [1.29, 1.82) is 0 Å². The molecule has 0 amide bonds. The van der Waals surface area contributed by atoms with Crippen LogP contribution in [0.25, 0.3) is 0 Å². The van der Waals surface area contributed by atoms with Gasteiger partial charge in [-0.3, -0.25) is 14.1 Å².